The lowest BCUT2D eigenvalue weighted by Gasteiger charge is -2.30. The Kier molecular flexibility index (Phi) is 3.22. The molecule has 80 valence electrons. The molecule has 0 bridgehead atoms. The molecule has 1 nitrogen and oxygen atoms in total. The third-order valence-corrected chi connectivity index (χ3v) is 3.30. The first kappa shape index (κ1) is 10.4. The van der Waals surface area contributed by atoms with Crippen molar-refractivity contribution in [3.63, 3.8) is 0 Å². The maximum atomic E-state index is 3.75. The fourth-order valence-electron chi connectivity index (χ4n) is 2.44. The maximum absolute atomic E-state index is 3.75. The van der Waals surface area contributed by atoms with Gasteiger partial charge in [0.2, 0.25) is 0 Å². The van der Waals surface area contributed by atoms with Crippen LogP contribution in [0.1, 0.15) is 42.9 Å². The highest BCUT2D eigenvalue weighted by Crippen LogP contribution is 2.36. The highest BCUT2D eigenvalue weighted by Gasteiger charge is 2.23. The zero-order valence-electron chi connectivity index (χ0n) is 9.37. The van der Waals surface area contributed by atoms with Gasteiger partial charge in [0.05, 0.1) is 0 Å². The lowest BCUT2D eigenvalue weighted by atomic mass is 9.81. The van der Waals surface area contributed by atoms with Gasteiger partial charge in [-0.25, -0.2) is 0 Å². The Morgan fingerprint density at radius 3 is 2.80 bits per heavy atom. The summed E-state index contributed by atoms with van der Waals surface area (Å²) in [5.41, 5.74) is 3.00. The van der Waals surface area contributed by atoms with E-state index in [0.717, 1.165) is 6.54 Å². The predicted octanol–water partition coefficient (Wildman–Crippen LogP) is 3.40. The van der Waals surface area contributed by atoms with Crippen LogP contribution in [-0.2, 0) is 0 Å². The van der Waals surface area contributed by atoms with Gasteiger partial charge in [0.25, 0.3) is 0 Å². The normalized spacial score (nSPS) is 24.6. The minimum absolute atomic E-state index is 0.524. The summed E-state index contributed by atoms with van der Waals surface area (Å²) in [4.78, 5) is 0. The zero-order valence-corrected chi connectivity index (χ0v) is 9.37. The molecule has 0 spiro atoms. The molecule has 1 aliphatic carbocycles. The third kappa shape index (κ3) is 2.13. The van der Waals surface area contributed by atoms with E-state index in [1.54, 1.807) is 0 Å². The molecule has 0 aromatic heterocycles. The Morgan fingerprint density at radius 1 is 1.33 bits per heavy atom. The summed E-state index contributed by atoms with van der Waals surface area (Å²) in [6, 6.07) is 9.33. The van der Waals surface area contributed by atoms with Crippen molar-refractivity contribution in [2.75, 3.05) is 6.54 Å². The van der Waals surface area contributed by atoms with Gasteiger partial charge in [-0.05, 0) is 29.9 Å². The minimum Gasteiger partial charge on any atom is -0.306 e. The lowest BCUT2D eigenvalue weighted by Crippen LogP contribution is -2.26. The lowest BCUT2D eigenvalue weighted by molar-refractivity contribution is 0.448. The second kappa shape index (κ2) is 4.63. The van der Waals surface area contributed by atoms with Crippen LogP contribution in [-0.4, -0.2) is 6.54 Å². The van der Waals surface area contributed by atoms with E-state index in [4.69, 9.17) is 0 Å². The molecule has 0 heterocycles. The number of hydrogen-bond donors (Lipinski definition) is 1. The van der Waals surface area contributed by atoms with Gasteiger partial charge in [0.15, 0.2) is 0 Å². The van der Waals surface area contributed by atoms with Crippen LogP contribution in [0.5, 0.6) is 0 Å². The largest absolute Gasteiger partial charge is 0.306 e. The van der Waals surface area contributed by atoms with E-state index in [0.29, 0.717) is 12.0 Å². The Hall–Kier alpha value is -1.08. The van der Waals surface area contributed by atoms with Gasteiger partial charge in [0.1, 0.15) is 0 Å². The zero-order chi connectivity index (χ0) is 10.7. The van der Waals surface area contributed by atoms with Crippen LogP contribution in [0, 0.1) is 0 Å². The fourth-order valence-corrected chi connectivity index (χ4v) is 2.44. The average Bonchev–Trinajstić information content (AvgIpc) is 2.29. The van der Waals surface area contributed by atoms with Gasteiger partial charge in [-0.15, -0.1) is 6.58 Å². The van der Waals surface area contributed by atoms with Crippen LogP contribution in [0.25, 0.3) is 0 Å². The van der Waals surface area contributed by atoms with Crippen LogP contribution in [0.3, 0.4) is 0 Å². The third-order valence-electron chi connectivity index (χ3n) is 3.30. The molecule has 1 aliphatic rings. The summed E-state index contributed by atoms with van der Waals surface area (Å²) in [7, 11) is 0. The van der Waals surface area contributed by atoms with E-state index < -0.39 is 0 Å². The van der Waals surface area contributed by atoms with Crippen molar-refractivity contribution in [1.82, 2.24) is 5.32 Å². The number of benzene rings is 1. The van der Waals surface area contributed by atoms with E-state index >= 15 is 0 Å². The molecule has 2 unspecified atom stereocenters. The van der Waals surface area contributed by atoms with Crippen LogP contribution in [0.2, 0.25) is 0 Å². The minimum atomic E-state index is 0.524. The molecule has 0 radical (unpaired) electrons. The van der Waals surface area contributed by atoms with Crippen LogP contribution in [0.4, 0.5) is 0 Å². The molecule has 0 aliphatic heterocycles. The van der Waals surface area contributed by atoms with Gasteiger partial charge in [-0.2, -0.15) is 0 Å². The summed E-state index contributed by atoms with van der Waals surface area (Å²) in [5, 5.41) is 3.53. The molecule has 0 amide bonds. The monoisotopic (exact) mass is 201 g/mol. The van der Waals surface area contributed by atoms with Gasteiger partial charge >= 0.3 is 0 Å². The number of nitrogens with one attached hydrogen (secondary N) is 1. The van der Waals surface area contributed by atoms with E-state index in [-0.39, 0.29) is 0 Å². The van der Waals surface area contributed by atoms with Gasteiger partial charge in [-0.3, -0.25) is 0 Å². The Morgan fingerprint density at radius 2 is 2.07 bits per heavy atom. The van der Waals surface area contributed by atoms with Crippen LogP contribution >= 0.6 is 0 Å². The standard InChI is InChI=1S/C14H19N/c1-3-10-15-14-9-8-11(2)12-6-4-5-7-13(12)14/h3-7,11,14-15H,1,8-10H2,2H3. The molecular formula is C14H19N. The Labute approximate surface area is 92.2 Å². The number of hydrogen-bond acceptors (Lipinski definition) is 1. The van der Waals surface area contributed by atoms with Crippen molar-refractivity contribution >= 4 is 0 Å². The molecule has 1 aromatic carbocycles. The Bertz CT molecular complexity index is 343. The summed E-state index contributed by atoms with van der Waals surface area (Å²) in [6.45, 7) is 6.97. The molecule has 2 atom stereocenters. The first-order valence-corrected chi connectivity index (χ1v) is 5.76. The highest BCUT2D eigenvalue weighted by atomic mass is 14.9. The topological polar surface area (TPSA) is 12.0 Å². The predicted molar refractivity (Wildman–Crippen MR) is 65.0 cm³/mol. The van der Waals surface area contributed by atoms with Crippen LogP contribution < -0.4 is 5.32 Å². The summed E-state index contributed by atoms with van der Waals surface area (Å²) < 4.78 is 0. The fraction of sp³-hybridized carbons (Fsp3) is 0.429. The SMILES string of the molecule is C=CCNC1CCC(C)c2ccccc21. The molecule has 1 aromatic rings. The van der Waals surface area contributed by atoms with E-state index in [2.05, 4.69) is 43.1 Å². The quantitative estimate of drug-likeness (QED) is 0.739. The molecule has 0 saturated heterocycles. The van der Waals surface area contributed by atoms with Crippen molar-refractivity contribution in [2.24, 2.45) is 0 Å². The van der Waals surface area contributed by atoms with Crippen molar-refractivity contribution < 1.29 is 0 Å². The van der Waals surface area contributed by atoms with E-state index in [9.17, 15) is 0 Å². The highest BCUT2D eigenvalue weighted by molar-refractivity contribution is 5.34. The summed E-state index contributed by atoms with van der Waals surface area (Å²) in [6.07, 6.45) is 4.46. The first-order chi connectivity index (χ1) is 7.33. The van der Waals surface area contributed by atoms with Gasteiger partial charge < -0.3 is 5.32 Å². The van der Waals surface area contributed by atoms with Crippen molar-refractivity contribution in [3.05, 3.63) is 48.0 Å². The summed E-state index contributed by atoms with van der Waals surface area (Å²) in [5.74, 6) is 0.711. The number of fused-ring (bicyclic) bond motifs is 1. The van der Waals surface area contributed by atoms with Crippen LogP contribution in [0.15, 0.2) is 36.9 Å². The van der Waals surface area contributed by atoms with Crippen molar-refractivity contribution in [1.29, 1.82) is 0 Å². The van der Waals surface area contributed by atoms with Gasteiger partial charge in [-0.1, -0.05) is 37.3 Å². The van der Waals surface area contributed by atoms with Crippen molar-refractivity contribution in [2.45, 2.75) is 31.7 Å². The van der Waals surface area contributed by atoms with Crippen molar-refractivity contribution in [3.8, 4) is 0 Å². The molecule has 1 heteroatoms. The maximum Gasteiger partial charge on any atom is 0.0326 e. The van der Waals surface area contributed by atoms with E-state index in [1.165, 1.54) is 24.0 Å². The molecule has 0 saturated carbocycles. The Balaban J connectivity index is 2.23. The number of rotatable bonds is 3. The second-order valence-electron chi connectivity index (χ2n) is 4.36. The molecule has 2 rings (SSSR count). The van der Waals surface area contributed by atoms with E-state index in [1.807, 2.05) is 6.08 Å². The first-order valence-electron chi connectivity index (χ1n) is 5.76. The van der Waals surface area contributed by atoms with Gasteiger partial charge in [0, 0.05) is 12.6 Å². The molecule has 0 fully saturated rings. The molecule has 1 N–H and O–H groups in total. The molecule has 15 heavy (non-hydrogen) atoms. The molecular weight excluding hydrogens is 182 g/mol. The summed E-state index contributed by atoms with van der Waals surface area (Å²) >= 11 is 0. The smallest absolute Gasteiger partial charge is 0.0326 e. The second-order valence-corrected chi connectivity index (χ2v) is 4.36. The average molecular weight is 201 g/mol.